The van der Waals surface area contributed by atoms with Crippen LogP contribution in [0.5, 0.6) is 0 Å². The van der Waals surface area contributed by atoms with E-state index in [9.17, 15) is 9.59 Å². The molecule has 3 rings (SSSR count). The van der Waals surface area contributed by atoms with Gasteiger partial charge in [0.15, 0.2) is 0 Å². The first kappa shape index (κ1) is 19.7. The third-order valence-electron chi connectivity index (χ3n) is 5.13. The molecule has 0 radical (unpaired) electrons. The fraction of sp³-hybridized carbons (Fsp3) is 0.333. The Balaban J connectivity index is 1.79. The van der Waals surface area contributed by atoms with Crippen LogP contribution in [0.15, 0.2) is 48.5 Å². The number of piperidine rings is 1. The number of nitrogens with zero attached hydrogens (tertiary/aromatic N) is 1. The SMILES string of the molecule is CC(=O)N1CCC(C(=O)OCc2ccc(Cl)c(Cl)c2)(c2ccccc2)CC1. The normalized spacial score (nSPS) is 16.0. The van der Waals surface area contributed by atoms with Crippen LogP contribution in [0.2, 0.25) is 10.0 Å². The van der Waals surface area contributed by atoms with Gasteiger partial charge in [-0.05, 0) is 36.1 Å². The van der Waals surface area contributed by atoms with Gasteiger partial charge < -0.3 is 9.64 Å². The van der Waals surface area contributed by atoms with E-state index in [1.165, 1.54) is 0 Å². The van der Waals surface area contributed by atoms with Crippen molar-refractivity contribution < 1.29 is 14.3 Å². The minimum absolute atomic E-state index is 0.0286. The molecule has 1 heterocycles. The molecule has 0 N–H and O–H groups in total. The second-order valence-corrected chi connectivity index (χ2v) is 7.59. The van der Waals surface area contributed by atoms with Gasteiger partial charge in [-0.15, -0.1) is 0 Å². The molecule has 4 nitrogen and oxygen atoms in total. The highest BCUT2D eigenvalue weighted by atomic mass is 35.5. The molecule has 1 aliphatic rings. The first-order valence-corrected chi connectivity index (χ1v) is 9.60. The van der Waals surface area contributed by atoms with Crippen molar-refractivity contribution in [2.75, 3.05) is 13.1 Å². The van der Waals surface area contributed by atoms with E-state index >= 15 is 0 Å². The summed E-state index contributed by atoms with van der Waals surface area (Å²) in [6.45, 7) is 2.75. The van der Waals surface area contributed by atoms with Gasteiger partial charge >= 0.3 is 5.97 Å². The van der Waals surface area contributed by atoms with Gasteiger partial charge in [0.05, 0.1) is 15.5 Å². The van der Waals surface area contributed by atoms with Crippen molar-refractivity contribution in [2.45, 2.75) is 31.8 Å². The van der Waals surface area contributed by atoms with Crippen LogP contribution in [-0.2, 0) is 26.3 Å². The molecule has 1 fully saturated rings. The van der Waals surface area contributed by atoms with Gasteiger partial charge in [0.1, 0.15) is 6.61 Å². The Kier molecular flexibility index (Phi) is 6.08. The van der Waals surface area contributed by atoms with Crippen LogP contribution in [0.1, 0.15) is 30.9 Å². The molecule has 0 bridgehead atoms. The predicted molar refractivity (Wildman–Crippen MR) is 106 cm³/mol. The summed E-state index contributed by atoms with van der Waals surface area (Å²) in [4.78, 5) is 26.6. The lowest BCUT2D eigenvalue weighted by Gasteiger charge is -2.40. The Labute approximate surface area is 169 Å². The molecule has 2 aromatic carbocycles. The maximum absolute atomic E-state index is 13.1. The molecule has 0 aliphatic carbocycles. The van der Waals surface area contributed by atoms with Crippen LogP contribution in [0.25, 0.3) is 0 Å². The van der Waals surface area contributed by atoms with Gasteiger partial charge in [0.2, 0.25) is 5.91 Å². The highest BCUT2D eigenvalue weighted by molar-refractivity contribution is 6.42. The van der Waals surface area contributed by atoms with Crippen LogP contribution in [0, 0.1) is 0 Å². The second-order valence-electron chi connectivity index (χ2n) is 6.78. The molecule has 1 amide bonds. The maximum Gasteiger partial charge on any atom is 0.317 e. The number of hydrogen-bond donors (Lipinski definition) is 0. The van der Waals surface area contributed by atoms with Crippen LogP contribution in [-0.4, -0.2) is 29.9 Å². The van der Waals surface area contributed by atoms with Crippen LogP contribution < -0.4 is 0 Å². The zero-order valence-corrected chi connectivity index (χ0v) is 16.6. The number of hydrogen-bond acceptors (Lipinski definition) is 3. The maximum atomic E-state index is 13.1. The van der Waals surface area contributed by atoms with Gasteiger partial charge in [0, 0.05) is 20.0 Å². The highest BCUT2D eigenvalue weighted by Gasteiger charge is 2.44. The minimum Gasteiger partial charge on any atom is -0.460 e. The number of ether oxygens (including phenoxy) is 1. The van der Waals surface area contributed by atoms with E-state index in [0.717, 1.165) is 11.1 Å². The summed E-state index contributed by atoms with van der Waals surface area (Å²) in [6, 6.07) is 14.8. The van der Waals surface area contributed by atoms with Gasteiger partial charge in [-0.1, -0.05) is 59.6 Å². The monoisotopic (exact) mass is 405 g/mol. The third-order valence-corrected chi connectivity index (χ3v) is 5.87. The summed E-state index contributed by atoms with van der Waals surface area (Å²) >= 11 is 12.0. The summed E-state index contributed by atoms with van der Waals surface area (Å²) in [6.07, 6.45) is 1.08. The van der Waals surface area contributed by atoms with E-state index in [1.807, 2.05) is 30.3 Å². The highest BCUT2D eigenvalue weighted by Crippen LogP contribution is 2.37. The summed E-state index contributed by atoms with van der Waals surface area (Å²) in [5.41, 5.74) is 0.957. The first-order valence-electron chi connectivity index (χ1n) is 8.84. The summed E-state index contributed by atoms with van der Waals surface area (Å²) in [5.74, 6) is -0.246. The number of amides is 1. The lowest BCUT2D eigenvalue weighted by molar-refractivity contribution is -0.155. The number of likely N-dealkylation sites (tertiary alicyclic amines) is 1. The van der Waals surface area contributed by atoms with Crippen molar-refractivity contribution in [1.29, 1.82) is 0 Å². The van der Waals surface area contributed by atoms with Crippen molar-refractivity contribution in [3.63, 3.8) is 0 Å². The standard InChI is InChI=1S/C21H21Cl2NO3/c1-15(25)24-11-9-21(10-12-24,17-5-3-2-4-6-17)20(26)27-14-16-7-8-18(22)19(23)13-16/h2-8,13H,9-12,14H2,1H3. The third kappa shape index (κ3) is 4.28. The zero-order valence-electron chi connectivity index (χ0n) is 15.1. The fourth-order valence-corrected chi connectivity index (χ4v) is 3.81. The fourth-order valence-electron chi connectivity index (χ4n) is 3.49. The van der Waals surface area contributed by atoms with Crippen LogP contribution in [0.4, 0.5) is 0 Å². The predicted octanol–water partition coefficient (Wildman–Crippen LogP) is 4.62. The Hall–Kier alpha value is -2.04. The lowest BCUT2D eigenvalue weighted by atomic mass is 9.72. The average molecular weight is 406 g/mol. The number of rotatable bonds is 4. The molecule has 1 saturated heterocycles. The molecule has 6 heteroatoms. The molecule has 0 unspecified atom stereocenters. The summed E-state index contributed by atoms with van der Waals surface area (Å²) in [5, 5.41) is 0.891. The van der Waals surface area contributed by atoms with Crippen molar-refractivity contribution in [1.82, 2.24) is 4.90 Å². The van der Waals surface area contributed by atoms with Crippen molar-refractivity contribution >= 4 is 35.1 Å². The van der Waals surface area contributed by atoms with E-state index in [-0.39, 0.29) is 18.5 Å². The Morgan fingerprint density at radius 1 is 1.04 bits per heavy atom. The Morgan fingerprint density at radius 3 is 2.30 bits per heavy atom. The van der Waals surface area contributed by atoms with E-state index in [4.69, 9.17) is 27.9 Å². The number of esters is 1. The summed E-state index contributed by atoms with van der Waals surface area (Å²) in [7, 11) is 0. The molecule has 27 heavy (non-hydrogen) atoms. The van der Waals surface area contributed by atoms with E-state index in [1.54, 1.807) is 30.0 Å². The van der Waals surface area contributed by atoms with Gasteiger partial charge in [0.25, 0.3) is 0 Å². The molecule has 0 atom stereocenters. The Bertz CT molecular complexity index is 831. The molecule has 1 aliphatic heterocycles. The molecule has 0 aromatic heterocycles. The van der Waals surface area contributed by atoms with Crippen LogP contribution in [0.3, 0.4) is 0 Å². The van der Waals surface area contributed by atoms with Crippen LogP contribution >= 0.6 is 23.2 Å². The molecule has 0 saturated carbocycles. The second kappa shape index (κ2) is 8.32. The van der Waals surface area contributed by atoms with Crippen molar-refractivity contribution in [3.8, 4) is 0 Å². The Morgan fingerprint density at radius 2 is 1.70 bits per heavy atom. The molecule has 142 valence electrons. The number of benzene rings is 2. The average Bonchev–Trinajstić information content (AvgIpc) is 2.69. The number of halogens is 2. The van der Waals surface area contributed by atoms with Gasteiger partial charge in [-0.3, -0.25) is 9.59 Å². The summed E-state index contributed by atoms with van der Waals surface area (Å²) < 4.78 is 5.67. The first-order chi connectivity index (χ1) is 12.9. The minimum atomic E-state index is -0.747. The smallest absolute Gasteiger partial charge is 0.317 e. The van der Waals surface area contributed by atoms with Gasteiger partial charge in [-0.25, -0.2) is 0 Å². The molecule has 0 spiro atoms. The largest absolute Gasteiger partial charge is 0.460 e. The number of carbonyl (C=O) groups excluding carboxylic acids is 2. The molecular weight excluding hydrogens is 385 g/mol. The molecule has 2 aromatic rings. The zero-order chi connectivity index (χ0) is 19.4. The van der Waals surface area contributed by atoms with Gasteiger partial charge in [-0.2, -0.15) is 0 Å². The lowest BCUT2D eigenvalue weighted by Crippen LogP contribution is -2.49. The van der Waals surface area contributed by atoms with E-state index < -0.39 is 5.41 Å². The van der Waals surface area contributed by atoms with Crippen molar-refractivity contribution in [3.05, 3.63) is 69.7 Å². The van der Waals surface area contributed by atoms with E-state index in [0.29, 0.717) is 36.0 Å². The van der Waals surface area contributed by atoms with Crippen molar-refractivity contribution in [2.24, 2.45) is 0 Å². The molecular formula is C21H21Cl2NO3. The topological polar surface area (TPSA) is 46.6 Å². The quantitative estimate of drug-likeness (QED) is 0.697. The van der Waals surface area contributed by atoms with E-state index in [2.05, 4.69) is 0 Å². The number of carbonyl (C=O) groups is 2.